The molecule has 138 valence electrons. The summed E-state index contributed by atoms with van der Waals surface area (Å²) in [5.41, 5.74) is 2.03. The highest BCUT2D eigenvalue weighted by Gasteiger charge is 2.31. The summed E-state index contributed by atoms with van der Waals surface area (Å²) in [6, 6.07) is 8.15. The van der Waals surface area contributed by atoms with E-state index in [9.17, 15) is 9.59 Å². The van der Waals surface area contributed by atoms with Crippen molar-refractivity contribution in [2.45, 2.75) is 38.6 Å². The van der Waals surface area contributed by atoms with Crippen LogP contribution >= 0.6 is 12.4 Å². The van der Waals surface area contributed by atoms with E-state index in [1.807, 2.05) is 21.9 Å². The van der Waals surface area contributed by atoms with Gasteiger partial charge in [0.05, 0.1) is 6.54 Å². The van der Waals surface area contributed by atoms with Gasteiger partial charge < -0.3 is 15.1 Å². The van der Waals surface area contributed by atoms with Crippen LogP contribution in [0.4, 0.5) is 0 Å². The number of amides is 2. The number of nitrogens with zero attached hydrogens (tertiary/aromatic N) is 2. The molecule has 1 N–H and O–H groups in total. The Hall–Kier alpha value is -1.59. The number of carbonyl (C=O) groups is 2. The van der Waals surface area contributed by atoms with Crippen molar-refractivity contribution >= 4 is 24.2 Å². The molecule has 2 saturated heterocycles. The van der Waals surface area contributed by atoms with Gasteiger partial charge in [-0.2, -0.15) is 0 Å². The molecule has 25 heavy (non-hydrogen) atoms. The molecular formula is C19H28ClN3O2. The van der Waals surface area contributed by atoms with Gasteiger partial charge in [-0.25, -0.2) is 0 Å². The van der Waals surface area contributed by atoms with Crippen molar-refractivity contribution in [1.82, 2.24) is 15.1 Å². The highest BCUT2D eigenvalue weighted by atomic mass is 35.5. The predicted octanol–water partition coefficient (Wildman–Crippen LogP) is 2.10. The summed E-state index contributed by atoms with van der Waals surface area (Å²) in [7, 11) is 0. The number of likely N-dealkylation sites (tertiary alicyclic amines) is 1. The van der Waals surface area contributed by atoms with Crippen molar-refractivity contribution in [3.8, 4) is 0 Å². The zero-order chi connectivity index (χ0) is 16.9. The summed E-state index contributed by atoms with van der Waals surface area (Å²) in [6.07, 6.45) is 4.11. The average molecular weight is 366 g/mol. The summed E-state index contributed by atoms with van der Waals surface area (Å²) in [5.74, 6) is 0.245. The van der Waals surface area contributed by atoms with Crippen molar-refractivity contribution in [3.63, 3.8) is 0 Å². The summed E-state index contributed by atoms with van der Waals surface area (Å²) in [4.78, 5) is 28.8. The van der Waals surface area contributed by atoms with E-state index < -0.39 is 0 Å². The maximum Gasteiger partial charge on any atom is 0.253 e. The van der Waals surface area contributed by atoms with E-state index in [4.69, 9.17) is 0 Å². The van der Waals surface area contributed by atoms with Gasteiger partial charge >= 0.3 is 0 Å². The van der Waals surface area contributed by atoms with Crippen molar-refractivity contribution in [3.05, 3.63) is 35.4 Å². The topological polar surface area (TPSA) is 52.7 Å². The first-order valence-electron chi connectivity index (χ1n) is 9.07. The van der Waals surface area contributed by atoms with E-state index in [1.54, 1.807) is 0 Å². The second kappa shape index (κ2) is 9.20. The Bertz CT molecular complexity index is 591. The maximum atomic E-state index is 12.8. The molecule has 5 nitrogen and oxygen atoms in total. The van der Waals surface area contributed by atoms with Crippen molar-refractivity contribution in [2.75, 3.05) is 32.7 Å². The molecule has 0 radical (unpaired) electrons. The second-order valence-electron chi connectivity index (χ2n) is 6.76. The van der Waals surface area contributed by atoms with E-state index in [0.29, 0.717) is 13.1 Å². The molecule has 2 amide bonds. The number of benzene rings is 1. The molecule has 1 unspecified atom stereocenters. The molecule has 1 aromatic rings. The van der Waals surface area contributed by atoms with Crippen LogP contribution in [-0.2, 0) is 11.2 Å². The first-order chi connectivity index (χ1) is 11.7. The van der Waals surface area contributed by atoms with Gasteiger partial charge in [0.15, 0.2) is 0 Å². The molecule has 0 aromatic heterocycles. The lowest BCUT2D eigenvalue weighted by Gasteiger charge is -2.41. The number of piperidine rings is 1. The molecule has 3 rings (SSSR count). The molecule has 0 saturated carbocycles. The Balaban J connectivity index is 0.00000225. The van der Waals surface area contributed by atoms with Gasteiger partial charge in [0, 0.05) is 37.8 Å². The SMILES string of the molecule is CCCc1ccc(C(=O)N2CCCC(N3CCNCC3=O)C2)cc1.Cl. The third-order valence-electron chi connectivity index (χ3n) is 4.99. The van der Waals surface area contributed by atoms with Crippen molar-refractivity contribution in [1.29, 1.82) is 0 Å². The lowest BCUT2D eigenvalue weighted by molar-refractivity contribution is -0.135. The number of hydrogen-bond acceptors (Lipinski definition) is 3. The number of piperazine rings is 1. The number of carbonyl (C=O) groups excluding carboxylic acids is 2. The molecule has 2 fully saturated rings. The van der Waals surface area contributed by atoms with Gasteiger partial charge in [-0.15, -0.1) is 12.4 Å². The number of nitrogens with one attached hydrogen (secondary N) is 1. The standard InChI is InChI=1S/C19H27N3O2.ClH/c1-2-4-15-6-8-16(9-7-15)19(24)21-11-3-5-17(14-21)22-12-10-20-13-18(22)23;/h6-9,17,20H,2-5,10-14H2,1H3;1H. The number of hydrogen-bond donors (Lipinski definition) is 1. The minimum absolute atomic E-state index is 0. The normalized spacial score (nSPS) is 21.0. The fourth-order valence-electron chi connectivity index (χ4n) is 3.69. The van der Waals surface area contributed by atoms with Crippen molar-refractivity contribution < 1.29 is 9.59 Å². The summed E-state index contributed by atoms with van der Waals surface area (Å²) < 4.78 is 0. The van der Waals surface area contributed by atoms with Gasteiger partial charge in [0.1, 0.15) is 0 Å². The number of rotatable bonds is 4. The van der Waals surface area contributed by atoms with Crippen LogP contribution in [0.3, 0.4) is 0 Å². The van der Waals surface area contributed by atoms with Crippen LogP contribution in [-0.4, -0.2) is 60.4 Å². The highest BCUT2D eigenvalue weighted by Crippen LogP contribution is 2.19. The molecule has 2 heterocycles. The summed E-state index contributed by atoms with van der Waals surface area (Å²) in [6.45, 7) is 5.60. The molecule has 2 aliphatic heterocycles. The van der Waals surface area contributed by atoms with Crippen molar-refractivity contribution in [2.24, 2.45) is 0 Å². The van der Waals surface area contributed by atoms with E-state index >= 15 is 0 Å². The quantitative estimate of drug-likeness (QED) is 0.889. The van der Waals surface area contributed by atoms with Gasteiger partial charge in [-0.05, 0) is 37.0 Å². The van der Waals surface area contributed by atoms with Gasteiger partial charge in [0.2, 0.25) is 5.91 Å². The number of aryl methyl sites for hydroxylation is 1. The molecule has 1 aromatic carbocycles. The van der Waals surface area contributed by atoms with Gasteiger partial charge in [0.25, 0.3) is 5.91 Å². The molecule has 0 bridgehead atoms. The fourth-order valence-corrected chi connectivity index (χ4v) is 3.69. The molecule has 0 aliphatic carbocycles. The monoisotopic (exact) mass is 365 g/mol. The first kappa shape index (κ1) is 19.7. The summed E-state index contributed by atoms with van der Waals surface area (Å²) >= 11 is 0. The third-order valence-corrected chi connectivity index (χ3v) is 4.99. The minimum Gasteiger partial charge on any atom is -0.337 e. The summed E-state index contributed by atoms with van der Waals surface area (Å²) in [5, 5.41) is 3.11. The zero-order valence-electron chi connectivity index (χ0n) is 14.9. The van der Waals surface area contributed by atoms with Crippen LogP contribution in [0.25, 0.3) is 0 Å². The molecular weight excluding hydrogens is 338 g/mol. The van der Waals surface area contributed by atoms with Crippen LogP contribution in [0.5, 0.6) is 0 Å². The zero-order valence-corrected chi connectivity index (χ0v) is 15.7. The molecule has 1 atom stereocenters. The minimum atomic E-state index is 0. The molecule has 2 aliphatic rings. The average Bonchev–Trinajstić information content (AvgIpc) is 2.62. The van der Waals surface area contributed by atoms with E-state index in [2.05, 4.69) is 24.4 Å². The highest BCUT2D eigenvalue weighted by molar-refractivity contribution is 5.94. The Morgan fingerprint density at radius 1 is 1.24 bits per heavy atom. The van der Waals surface area contributed by atoms with Gasteiger partial charge in [-0.3, -0.25) is 9.59 Å². The Kier molecular flexibility index (Phi) is 7.26. The third kappa shape index (κ3) is 4.73. The smallest absolute Gasteiger partial charge is 0.253 e. The fraction of sp³-hybridized carbons (Fsp3) is 0.579. The Morgan fingerprint density at radius 3 is 2.68 bits per heavy atom. The lowest BCUT2D eigenvalue weighted by atomic mass is 10.0. The lowest BCUT2D eigenvalue weighted by Crippen LogP contribution is -2.57. The molecule has 6 heteroatoms. The van der Waals surface area contributed by atoms with Crippen LogP contribution in [0.1, 0.15) is 42.1 Å². The van der Waals surface area contributed by atoms with Crippen LogP contribution in [0.15, 0.2) is 24.3 Å². The maximum absolute atomic E-state index is 12.8. The van der Waals surface area contributed by atoms with E-state index in [0.717, 1.165) is 50.9 Å². The molecule has 0 spiro atoms. The largest absolute Gasteiger partial charge is 0.337 e. The second-order valence-corrected chi connectivity index (χ2v) is 6.76. The van der Waals surface area contributed by atoms with E-state index in [-0.39, 0.29) is 30.3 Å². The number of halogens is 1. The predicted molar refractivity (Wildman–Crippen MR) is 101 cm³/mol. The van der Waals surface area contributed by atoms with Crippen LogP contribution < -0.4 is 5.32 Å². The Labute approximate surface area is 156 Å². The Morgan fingerprint density at radius 2 is 2.00 bits per heavy atom. The first-order valence-corrected chi connectivity index (χ1v) is 9.07. The van der Waals surface area contributed by atoms with Gasteiger partial charge in [-0.1, -0.05) is 25.5 Å². The van der Waals surface area contributed by atoms with E-state index in [1.165, 1.54) is 5.56 Å². The van der Waals surface area contributed by atoms with Crippen LogP contribution in [0, 0.1) is 0 Å². The van der Waals surface area contributed by atoms with Crippen LogP contribution in [0.2, 0.25) is 0 Å².